The Balaban J connectivity index is 1.55. The maximum absolute atomic E-state index is 13.4. The Morgan fingerprint density at radius 2 is 1.34 bits per heavy atom. The fraction of sp³-hybridized carbons (Fsp3) is 0.571. The Morgan fingerprint density at radius 1 is 0.766 bits per heavy atom. The van der Waals surface area contributed by atoms with Crippen LogP contribution in [0.5, 0.6) is 5.75 Å². The van der Waals surface area contributed by atoms with Crippen LogP contribution in [0.2, 0.25) is 0 Å². The molecule has 4 amide bonds. The van der Waals surface area contributed by atoms with Crippen molar-refractivity contribution in [3.8, 4) is 5.75 Å². The number of rotatable bonds is 13. The highest BCUT2D eigenvalue weighted by molar-refractivity contribution is 5.88. The largest absolute Gasteiger partial charge is 0.489 e. The number of nitrogens with zero attached hydrogens (tertiary/aromatic N) is 1. The zero-order chi connectivity index (χ0) is 34.5. The van der Waals surface area contributed by atoms with Crippen LogP contribution in [-0.2, 0) is 32.1 Å². The van der Waals surface area contributed by atoms with Crippen molar-refractivity contribution >= 4 is 24.0 Å². The number of carbonyl (C=O) groups is 4. The van der Waals surface area contributed by atoms with E-state index in [0.717, 1.165) is 24.0 Å². The first-order valence-electron chi connectivity index (χ1n) is 16.3. The summed E-state index contributed by atoms with van der Waals surface area (Å²) in [5.74, 6) is 0.176. The topological polar surface area (TPSA) is 157 Å². The van der Waals surface area contributed by atoms with Crippen molar-refractivity contribution in [3.05, 3.63) is 59.9 Å². The van der Waals surface area contributed by atoms with Gasteiger partial charge >= 0.3 is 12.2 Å². The van der Waals surface area contributed by atoms with Gasteiger partial charge in [0.2, 0.25) is 11.8 Å². The van der Waals surface area contributed by atoms with E-state index in [9.17, 15) is 19.2 Å². The maximum Gasteiger partial charge on any atom is 0.407 e. The molecular weight excluding hydrogens is 602 g/mol. The van der Waals surface area contributed by atoms with Crippen molar-refractivity contribution in [2.24, 2.45) is 11.8 Å². The van der Waals surface area contributed by atoms with Gasteiger partial charge in [0.1, 0.15) is 29.6 Å². The molecule has 1 heterocycles. The van der Waals surface area contributed by atoms with Crippen molar-refractivity contribution in [3.63, 3.8) is 0 Å². The molecule has 3 rings (SSSR count). The Kier molecular flexibility index (Phi) is 13.8. The molecule has 12 heteroatoms. The van der Waals surface area contributed by atoms with E-state index >= 15 is 0 Å². The lowest BCUT2D eigenvalue weighted by molar-refractivity contribution is -0.131. The lowest BCUT2D eigenvalue weighted by Gasteiger charge is -2.29. The number of nitrogens with one attached hydrogen (secondary N) is 4. The summed E-state index contributed by atoms with van der Waals surface area (Å²) >= 11 is 0. The van der Waals surface area contributed by atoms with E-state index in [1.807, 2.05) is 57.2 Å². The van der Waals surface area contributed by atoms with E-state index < -0.39 is 29.4 Å². The normalized spacial score (nSPS) is 17.1. The van der Waals surface area contributed by atoms with Gasteiger partial charge in [-0.25, -0.2) is 9.59 Å². The van der Waals surface area contributed by atoms with Crippen LogP contribution in [0.25, 0.3) is 0 Å². The minimum atomic E-state index is -0.820. The van der Waals surface area contributed by atoms with Crippen molar-refractivity contribution in [2.75, 3.05) is 19.6 Å². The maximum atomic E-state index is 13.4. The van der Waals surface area contributed by atoms with Crippen molar-refractivity contribution in [1.82, 2.24) is 26.3 Å². The summed E-state index contributed by atoms with van der Waals surface area (Å²) < 4.78 is 16.4. The van der Waals surface area contributed by atoms with Crippen LogP contribution in [0.3, 0.4) is 0 Å². The average Bonchev–Trinajstić information content (AvgIpc) is 3.00. The van der Waals surface area contributed by atoms with Crippen LogP contribution >= 0.6 is 0 Å². The Morgan fingerprint density at radius 3 is 1.94 bits per heavy atom. The molecule has 1 aliphatic carbocycles. The number of carbonyl (C=O) groups excluding carboxylic acids is 4. The minimum Gasteiger partial charge on any atom is -0.489 e. The molecule has 0 saturated heterocycles. The second kappa shape index (κ2) is 17.5. The van der Waals surface area contributed by atoms with Crippen LogP contribution in [0.4, 0.5) is 9.59 Å². The van der Waals surface area contributed by atoms with Crippen LogP contribution in [0.1, 0.15) is 78.4 Å². The highest BCUT2D eigenvalue weighted by atomic mass is 16.6. The summed E-state index contributed by atoms with van der Waals surface area (Å²) in [5, 5.41) is 11.3. The first-order valence-corrected chi connectivity index (χ1v) is 16.3. The molecule has 1 saturated carbocycles. The summed E-state index contributed by atoms with van der Waals surface area (Å²) in [7, 11) is 0. The molecule has 258 valence electrons. The van der Waals surface area contributed by atoms with Gasteiger partial charge in [-0.3, -0.25) is 14.6 Å². The van der Waals surface area contributed by atoms with E-state index in [1.165, 1.54) is 0 Å². The number of hydrogen-bond acceptors (Lipinski definition) is 8. The van der Waals surface area contributed by atoms with E-state index in [2.05, 4.69) is 26.3 Å². The number of ether oxygens (including phenoxy) is 3. The van der Waals surface area contributed by atoms with Crippen LogP contribution in [-0.4, -0.2) is 65.9 Å². The summed E-state index contributed by atoms with van der Waals surface area (Å²) in [5.41, 5.74) is 0.660. The molecular formula is C35H51N5O7. The molecule has 0 unspecified atom stereocenters. The molecule has 4 N–H and O–H groups in total. The van der Waals surface area contributed by atoms with Gasteiger partial charge < -0.3 is 35.5 Å². The van der Waals surface area contributed by atoms with Crippen molar-refractivity contribution in [1.29, 1.82) is 0 Å². The second-order valence-corrected chi connectivity index (χ2v) is 13.9. The van der Waals surface area contributed by atoms with E-state index in [1.54, 1.807) is 33.2 Å². The smallest absolute Gasteiger partial charge is 0.407 e. The summed E-state index contributed by atoms with van der Waals surface area (Å²) in [6.07, 6.45) is 5.56. The van der Waals surface area contributed by atoms with Crippen LogP contribution in [0.15, 0.2) is 48.8 Å². The Hall–Kier alpha value is -4.35. The third-order valence-corrected chi connectivity index (χ3v) is 7.39. The van der Waals surface area contributed by atoms with Gasteiger partial charge in [-0.2, -0.15) is 0 Å². The number of amides is 4. The number of aromatic nitrogens is 1. The fourth-order valence-corrected chi connectivity index (χ4v) is 5.06. The van der Waals surface area contributed by atoms with Gasteiger partial charge in [0.15, 0.2) is 0 Å². The van der Waals surface area contributed by atoms with Gasteiger partial charge in [0, 0.05) is 44.4 Å². The zero-order valence-electron chi connectivity index (χ0n) is 28.5. The third kappa shape index (κ3) is 14.7. The molecule has 2 aromatic rings. The molecule has 1 aromatic carbocycles. The summed E-state index contributed by atoms with van der Waals surface area (Å²) in [4.78, 5) is 54.7. The number of alkyl carbamates (subject to hydrolysis) is 2. The monoisotopic (exact) mass is 653 g/mol. The van der Waals surface area contributed by atoms with Gasteiger partial charge in [-0.1, -0.05) is 12.1 Å². The molecule has 0 aliphatic heterocycles. The molecule has 47 heavy (non-hydrogen) atoms. The van der Waals surface area contributed by atoms with E-state index in [0.29, 0.717) is 31.7 Å². The Bertz CT molecular complexity index is 1300. The molecule has 0 bridgehead atoms. The highest BCUT2D eigenvalue weighted by Crippen LogP contribution is 2.29. The number of pyridine rings is 1. The van der Waals surface area contributed by atoms with Gasteiger partial charge in [-0.15, -0.1) is 0 Å². The van der Waals surface area contributed by atoms with Crippen molar-refractivity contribution in [2.45, 2.75) is 97.5 Å². The molecule has 0 spiro atoms. The van der Waals surface area contributed by atoms with Crippen LogP contribution < -0.4 is 26.0 Å². The number of benzene rings is 1. The lowest BCUT2D eigenvalue weighted by atomic mass is 9.81. The molecule has 1 fully saturated rings. The first kappa shape index (κ1) is 37.1. The first-order chi connectivity index (χ1) is 22.2. The zero-order valence-corrected chi connectivity index (χ0v) is 28.5. The second-order valence-electron chi connectivity index (χ2n) is 13.9. The fourth-order valence-electron chi connectivity index (χ4n) is 5.06. The van der Waals surface area contributed by atoms with Gasteiger partial charge in [0.25, 0.3) is 0 Å². The highest BCUT2D eigenvalue weighted by Gasteiger charge is 2.30. The van der Waals surface area contributed by atoms with Crippen molar-refractivity contribution < 1.29 is 33.4 Å². The molecule has 0 radical (unpaired) electrons. The standard InChI is InChI=1S/C35H51N5O7/c1-34(2,3)46-32(43)38-20-19-37-31(42)29(21-24-9-13-28(14-10-24)45-23-26-15-17-36-18-16-26)40-30(41)27-11-7-25(8-12-27)22-39-33(44)47-35(4,5)6/h9-10,13-18,25,27,29H,7-8,11-12,19-23H2,1-6H3,(H,37,42)(H,38,43)(H,39,44)(H,40,41)/t25?,27?,29-/m0/s1. The minimum absolute atomic E-state index is 0.169. The van der Waals surface area contributed by atoms with Gasteiger partial charge in [0.05, 0.1) is 0 Å². The molecule has 12 nitrogen and oxygen atoms in total. The summed E-state index contributed by atoms with van der Waals surface area (Å²) in [6, 6.07) is 10.4. The predicted molar refractivity (Wildman–Crippen MR) is 178 cm³/mol. The summed E-state index contributed by atoms with van der Waals surface area (Å²) in [6.45, 7) is 12.0. The number of hydrogen-bond donors (Lipinski definition) is 4. The van der Waals surface area contributed by atoms with Crippen LogP contribution in [0, 0.1) is 11.8 Å². The lowest BCUT2D eigenvalue weighted by Crippen LogP contribution is -2.51. The molecule has 1 aliphatic rings. The predicted octanol–water partition coefficient (Wildman–Crippen LogP) is 4.66. The van der Waals surface area contributed by atoms with Gasteiger partial charge in [-0.05, 0) is 109 Å². The van der Waals surface area contributed by atoms with E-state index in [-0.39, 0.29) is 43.2 Å². The molecule has 1 aromatic heterocycles. The molecule has 1 atom stereocenters. The van der Waals surface area contributed by atoms with E-state index in [4.69, 9.17) is 14.2 Å². The quantitative estimate of drug-likeness (QED) is 0.228. The Labute approximate surface area is 278 Å². The average molecular weight is 654 g/mol. The SMILES string of the molecule is CC(C)(C)OC(=O)NCCNC(=O)[C@H](Cc1ccc(OCc2ccncc2)cc1)NC(=O)C1CCC(CNC(=O)OC(C)(C)C)CC1. The third-order valence-electron chi connectivity index (χ3n) is 7.39.